The molecule has 2 aromatic rings. The van der Waals surface area contributed by atoms with Crippen LogP contribution in [-0.2, 0) is 13.2 Å². The molecule has 0 saturated heterocycles. The van der Waals surface area contributed by atoms with Gasteiger partial charge in [0.2, 0.25) is 0 Å². The van der Waals surface area contributed by atoms with Crippen LogP contribution in [0.3, 0.4) is 0 Å². The van der Waals surface area contributed by atoms with Crippen molar-refractivity contribution in [3.8, 4) is 5.75 Å². The van der Waals surface area contributed by atoms with Crippen molar-refractivity contribution in [2.24, 2.45) is 0 Å². The van der Waals surface area contributed by atoms with Gasteiger partial charge in [-0.2, -0.15) is 0 Å². The van der Waals surface area contributed by atoms with E-state index in [9.17, 15) is 0 Å². The van der Waals surface area contributed by atoms with Gasteiger partial charge in [-0.1, -0.05) is 47.1 Å². The Hall–Kier alpha value is -1.32. The van der Waals surface area contributed by atoms with Crippen molar-refractivity contribution in [3.05, 3.63) is 63.6 Å². The van der Waals surface area contributed by atoms with Crippen molar-refractivity contribution in [2.75, 3.05) is 6.54 Å². The topological polar surface area (TPSA) is 21.3 Å². The number of halogens is 1. The maximum absolute atomic E-state index is 5.90. The summed E-state index contributed by atoms with van der Waals surface area (Å²) in [6, 6.07) is 14.6. The fraction of sp³-hybridized carbons (Fsp3) is 0.294. The van der Waals surface area contributed by atoms with Crippen molar-refractivity contribution in [1.29, 1.82) is 0 Å². The molecule has 106 valence electrons. The third kappa shape index (κ3) is 4.36. The second kappa shape index (κ2) is 7.46. The first-order chi connectivity index (χ1) is 9.69. The van der Waals surface area contributed by atoms with E-state index >= 15 is 0 Å². The molecule has 0 bridgehead atoms. The molecule has 0 saturated carbocycles. The molecule has 1 N–H and O–H groups in total. The Morgan fingerprint density at radius 3 is 2.65 bits per heavy atom. The highest BCUT2D eigenvalue weighted by Crippen LogP contribution is 2.23. The van der Waals surface area contributed by atoms with E-state index in [1.165, 1.54) is 11.1 Å². The highest BCUT2D eigenvalue weighted by molar-refractivity contribution is 9.10. The fourth-order valence-corrected chi connectivity index (χ4v) is 2.51. The quantitative estimate of drug-likeness (QED) is 0.843. The van der Waals surface area contributed by atoms with Crippen LogP contribution in [0, 0.1) is 6.92 Å². The van der Waals surface area contributed by atoms with Gasteiger partial charge < -0.3 is 10.1 Å². The molecule has 2 rings (SSSR count). The molecule has 0 aromatic heterocycles. The SMILES string of the molecule is CCNCc1cccc(COc2ccc(Br)cc2C)c1. The van der Waals surface area contributed by atoms with Crippen molar-refractivity contribution in [2.45, 2.75) is 27.0 Å². The summed E-state index contributed by atoms with van der Waals surface area (Å²) in [5.41, 5.74) is 3.63. The van der Waals surface area contributed by atoms with Gasteiger partial charge in [0.1, 0.15) is 12.4 Å². The van der Waals surface area contributed by atoms with Crippen LogP contribution in [0.5, 0.6) is 5.75 Å². The number of benzene rings is 2. The molecular formula is C17H20BrNO. The lowest BCUT2D eigenvalue weighted by Gasteiger charge is -2.10. The average molecular weight is 334 g/mol. The van der Waals surface area contributed by atoms with Gasteiger partial charge in [-0.15, -0.1) is 0 Å². The second-order valence-corrected chi connectivity index (χ2v) is 5.71. The minimum Gasteiger partial charge on any atom is -0.489 e. The van der Waals surface area contributed by atoms with Crippen LogP contribution in [0.4, 0.5) is 0 Å². The molecule has 3 heteroatoms. The zero-order valence-electron chi connectivity index (χ0n) is 11.9. The Bertz CT molecular complexity index is 569. The molecule has 0 fully saturated rings. The third-order valence-electron chi connectivity index (χ3n) is 3.10. The van der Waals surface area contributed by atoms with Crippen LogP contribution in [-0.4, -0.2) is 6.54 Å². The third-order valence-corrected chi connectivity index (χ3v) is 3.60. The normalized spacial score (nSPS) is 10.6. The number of ether oxygens (including phenoxy) is 1. The highest BCUT2D eigenvalue weighted by Gasteiger charge is 2.02. The van der Waals surface area contributed by atoms with E-state index in [1.54, 1.807) is 0 Å². The van der Waals surface area contributed by atoms with Gasteiger partial charge >= 0.3 is 0 Å². The largest absolute Gasteiger partial charge is 0.489 e. The molecular weight excluding hydrogens is 314 g/mol. The first-order valence-electron chi connectivity index (χ1n) is 6.86. The van der Waals surface area contributed by atoms with E-state index in [2.05, 4.69) is 65.4 Å². The number of rotatable bonds is 6. The van der Waals surface area contributed by atoms with Crippen LogP contribution in [0.2, 0.25) is 0 Å². The standard InChI is InChI=1S/C17H20BrNO/c1-3-19-11-14-5-4-6-15(10-14)12-20-17-8-7-16(18)9-13(17)2/h4-10,19H,3,11-12H2,1-2H3. The minimum atomic E-state index is 0.600. The molecule has 2 nitrogen and oxygen atoms in total. The van der Waals surface area contributed by atoms with Crippen LogP contribution in [0.15, 0.2) is 46.9 Å². The minimum absolute atomic E-state index is 0.600. The van der Waals surface area contributed by atoms with Crippen molar-refractivity contribution in [1.82, 2.24) is 5.32 Å². The number of nitrogens with one attached hydrogen (secondary N) is 1. The van der Waals surface area contributed by atoms with Gasteiger partial charge in [0.15, 0.2) is 0 Å². The maximum Gasteiger partial charge on any atom is 0.122 e. The number of hydrogen-bond acceptors (Lipinski definition) is 2. The second-order valence-electron chi connectivity index (χ2n) is 4.80. The summed E-state index contributed by atoms with van der Waals surface area (Å²) in [4.78, 5) is 0. The Morgan fingerprint density at radius 2 is 1.90 bits per heavy atom. The maximum atomic E-state index is 5.90. The summed E-state index contributed by atoms with van der Waals surface area (Å²) in [5.74, 6) is 0.935. The molecule has 0 spiro atoms. The Balaban J connectivity index is 1.99. The summed E-state index contributed by atoms with van der Waals surface area (Å²) >= 11 is 3.46. The van der Waals surface area contributed by atoms with Gasteiger partial charge in [0, 0.05) is 11.0 Å². The molecule has 0 amide bonds. The van der Waals surface area contributed by atoms with Crippen molar-refractivity contribution in [3.63, 3.8) is 0 Å². The lowest BCUT2D eigenvalue weighted by molar-refractivity contribution is 0.304. The van der Waals surface area contributed by atoms with E-state index in [0.717, 1.165) is 28.9 Å². The smallest absolute Gasteiger partial charge is 0.122 e. The molecule has 0 unspecified atom stereocenters. The molecule has 2 aromatic carbocycles. The van der Waals surface area contributed by atoms with E-state index in [1.807, 2.05) is 12.1 Å². The average Bonchev–Trinajstić information content (AvgIpc) is 2.45. The molecule has 0 heterocycles. The Labute approximate surface area is 129 Å². The predicted molar refractivity (Wildman–Crippen MR) is 87.0 cm³/mol. The molecule has 0 radical (unpaired) electrons. The first-order valence-corrected chi connectivity index (χ1v) is 7.66. The van der Waals surface area contributed by atoms with Gasteiger partial charge in [-0.25, -0.2) is 0 Å². The van der Waals surface area contributed by atoms with Crippen molar-refractivity contribution < 1.29 is 4.74 Å². The Morgan fingerprint density at radius 1 is 1.10 bits per heavy atom. The zero-order valence-corrected chi connectivity index (χ0v) is 13.5. The van der Waals surface area contributed by atoms with E-state index in [-0.39, 0.29) is 0 Å². The van der Waals surface area contributed by atoms with Gasteiger partial charge in [-0.05, 0) is 48.4 Å². The van der Waals surface area contributed by atoms with E-state index in [0.29, 0.717) is 6.61 Å². The van der Waals surface area contributed by atoms with Crippen LogP contribution in [0.1, 0.15) is 23.6 Å². The number of aryl methyl sites for hydroxylation is 1. The van der Waals surface area contributed by atoms with Crippen LogP contribution in [0.25, 0.3) is 0 Å². The van der Waals surface area contributed by atoms with Crippen LogP contribution < -0.4 is 10.1 Å². The number of hydrogen-bond donors (Lipinski definition) is 1. The molecule has 0 aliphatic heterocycles. The van der Waals surface area contributed by atoms with Gasteiger partial charge in [-0.3, -0.25) is 0 Å². The molecule has 0 atom stereocenters. The summed E-state index contributed by atoms with van der Waals surface area (Å²) in [6.07, 6.45) is 0. The first kappa shape index (κ1) is 15.1. The van der Waals surface area contributed by atoms with Crippen molar-refractivity contribution >= 4 is 15.9 Å². The Kier molecular flexibility index (Phi) is 5.62. The predicted octanol–water partition coefficient (Wildman–Crippen LogP) is 4.45. The summed E-state index contributed by atoms with van der Waals surface area (Å²) in [6.45, 7) is 6.66. The molecule has 20 heavy (non-hydrogen) atoms. The van der Waals surface area contributed by atoms with Gasteiger partial charge in [0.25, 0.3) is 0 Å². The lowest BCUT2D eigenvalue weighted by Crippen LogP contribution is -2.11. The monoisotopic (exact) mass is 333 g/mol. The van der Waals surface area contributed by atoms with E-state index in [4.69, 9.17) is 4.74 Å². The summed E-state index contributed by atoms with van der Waals surface area (Å²) in [7, 11) is 0. The zero-order chi connectivity index (χ0) is 14.4. The van der Waals surface area contributed by atoms with Gasteiger partial charge in [0.05, 0.1) is 0 Å². The molecule has 0 aliphatic rings. The van der Waals surface area contributed by atoms with Crippen LogP contribution >= 0.6 is 15.9 Å². The lowest BCUT2D eigenvalue weighted by atomic mass is 10.1. The summed E-state index contributed by atoms with van der Waals surface area (Å²) in [5, 5.41) is 3.33. The highest BCUT2D eigenvalue weighted by atomic mass is 79.9. The van der Waals surface area contributed by atoms with E-state index < -0.39 is 0 Å². The summed E-state index contributed by atoms with van der Waals surface area (Å²) < 4.78 is 6.97. The fourth-order valence-electron chi connectivity index (χ4n) is 2.03. The molecule has 0 aliphatic carbocycles.